The molecule has 1 aromatic carbocycles. The van der Waals surface area contributed by atoms with Crippen LogP contribution >= 0.6 is 11.6 Å². The molecule has 2 rings (SSSR count). The Morgan fingerprint density at radius 1 is 1.30 bits per heavy atom. The minimum atomic E-state index is -3.12. The van der Waals surface area contributed by atoms with Gasteiger partial charge in [0.15, 0.2) is 11.5 Å². The standard InChI is InChI=1S/C13H18ClNO4S/c1-3-15-11(8-20(2,16)17)9-6-12-13(7-10(9)14)19-5-4-18-12/h6-7,11,15H,3-5,8H2,1-2H3. The zero-order valence-electron chi connectivity index (χ0n) is 11.5. The van der Waals surface area contributed by atoms with E-state index in [2.05, 4.69) is 5.32 Å². The number of hydrogen-bond donors (Lipinski definition) is 1. The highest BCUT2D eigenvalue weighted by atomic mass is 35.5. The molecule has 0 bridgehead atoms. The SMILES string of the molecule is CCNC(CS(C)(=O)=O)c1cc2c(cc1Cl)OCCO2. The third kappa shape index (κ3) is 3.77. The Morgan fingerprint density at radius 2 is 1.90 bits per heavy atom. The third-order valence-electron chi connectivity index (χ3n) is 2.96. The molecule has 1 unspecified atom stereocenters. The van der Waals surface area contributed by atoms with Gasteiger partial charge in [0.05, 0.1) is 5.75 Å². The molecule has 1 heterocycles. The number of fused-ring (bicyclic) bond motifs is 1. The Labute approximate surface area is 124 Å². The first-order valence-electron chi connectivity index (χ1n) is 6.41. The number of ether oxygens (including phenoxy) is 2. The average molecular weight is 320 g/mol. The molecule has 0 saturated heterocycles. The molecule has 20 heavy (non-hydrogen) atoms. The fourth-order valence-corrected chi connectivity index (χ4v) is 3.34. The lowest BCUT2D eigenvalue weighted by atomic mass is 10.1. The third-order valence-corrected chi connectivity index (χ3v) is 4.22. The first-order chi connectivity index (χ1) is 9.40. The first-order valence-corrected chi connectivity index (χ1v) is 8.84. The molecule has 0 radical (unpaired) electrons. The maximum atomic E-state index is 11.6. The number of nitrogens with one attached hydrogen (secondary N) is 1. The smallest absolute Gasteiger partial charge is 0.162 e. The monoisotopic (exact) mass is 319 g/mol. The zero-order valence-corrected chi connectivity index (χ0v) is 13.1. The highest BCUT2D eigenvalue weighted by Gasteiger charge is 2.23. The van der Waals surface area contributed by atoms with Gasteiger partial charge >= 0.3 is 0 Å². The van der Waals surface area contributed by atoms with Crippen molar-refractivity contribution in [2.75, 3.05) is 31.8 Å². The van der Waals surface area contributed by atoms with E-state index in [1.165, 1.54) is 6.26 Å². The largest absolute Gasteiger partial charge is 0.486 e. The summed E-state index contributed by atoms with van der Waals surface area (Å²) in [6.45, 7) is 3.53. The fraction of sp³-hybridized carbons (Fsp3) is 0.538. The second-order valence-electron chi connectivity index (χ2n) is 4.72. The van der Waals surface area contributed by atoms with Crippen molar-refractivity contribution in [2.24, 2.45) is 0 Å². The minimum absolute atomic E-state index is 0.0137. The van der Waals surface area contributed by atoms with Crippen LogP contribution in [-0.4, -0.2) is 40.2 Å². The Balaban J connectivity index is 2.37. The van der Waals surface area contributed by atoms with Gasteiger partial charge in [0, 0.05) is 23.4 Å². The van der Waals surface area contributed by atoms with Gasteiger partial charge in [0.1, 0.15) is 23.1 Å². The summed E-state index contributed by atoms with van der Waals surface area (Å²) < 4.78 is 34.1. The molecule has 1 N–H and O–H groups in total. The Hall–Kier alpha value is -0.980. The molecule has 0 aliphatic carbocycles. The number of sulfone groups is 1. The lowest BCUT2D eigenvalue weighted by molar-refractivity contribution is 0.171. The van der Waals surface area contributed by atoms with Gasteiger partial charge in [-0.05, 0) is 18.2 Å². The van der Waals surface area contributed by atoms with Gasteiger partial charge in [0.2, 0.25) is 0 Å². The summed E-state index contributed by atoms with van der Waals surface area (Å²) in [5.41, 5.74) is 0.711. The van der Waals surface area contributed by atoms with Gasteiger partial charge in [-0.25, -0.2) is 8.42 Å². The molecule has 0 amide bonds. The normalized spacial score (nSPS) is 15.9. The van der Waals surface area contributed by atoms with Crippen LogP contribution in [0, 0.1) is 0 Å². The van der Waals surface area contributed by atoms with Crippen molar-refractivity contribution in [2.45, 2.75) is 13.0 Å². The summed E-state index contributed by atoms with van der Waals surface area (Å²) in [5, 5.41) is 3.62. The second-order valence-corrected chi connectivity index (χ2v) is 7.31. The predicted octanol–water partition coefficient (Wildman–Crippen LogP) is 1.81. The lowest BCUT2D eigenvalue weighted by Gasteiger charge is -2.23. The predicted molar refractivity (Wildman–Crippen MR) is 78.6 cm³/mol. The molecule has 1 aromatic rings. The summed E-state index contributed by atoms with van der Waals surface area (Å²) in [7, 11) is -3.12. The summed E-state index contributed by atoms with van der Waals surface area (Å²) >= 11 is 6.25. The average Bonchev–Trinajstić information content (AvgIpc) is 2.36. The molecular formula is C13H18ClNO4S. The van der Waals surface area contributed by atoms with Gasteiger partial charge in [0.25, 0.3) is 0 Å². The minimum Gasteiger partial charge on any atom is -0.486 e. The quantitative estimate of drug-likeness (QED) is 0.896. The van der Waals surface area contributed by atoms with Crippen molar-refractivity contribution < 1.29 is 17.9 Å². The van der Waals surface area contributed by atoms with E-state index in [1.807, 2.05) is 6.92 Å². The van der Waals surface area contributed by atoms with E-state index >= 15 is 0 Å². The molecule has 0 aromatic heterocycles. The van der Waals surface area contributed by atoms with Crippen molar-refractivity contribution >= 4 is 21.4 Å². The topological polar surface area (TPSA) is 64.6 Å². The van der Waals surface area contributed by atoms with Crippen LogP contribution in [0.2, 0.25) is 5.02 Å². The summed E-state index contributed by atoms with van der Waals surface area (Å²) in [4.78, 5) is 0. The van der Waals surface area contributed by atoms with Crippen molar-refractivity contribution in [3.05, 3.63) is 22.7 Å². The van der Waals surface area contributed by atoms with Gasteiger partial charge in [-0.2, -0.15) is 0 Å². The maximum Gasteiger partial charge on any atom is 0.162 e. The Kier molecular flexibility index (Phi) is 4.78. The van der Waals surface area contributed by atoms with Crippen LogP contribution in [0.5, 0.6) is 11.5 Å². The highest BCUT2D eigenvalue weighted by Crippen LogP contribution is 2.37. The fourth-order valence-electron chi connectivity index (χ4n) is 2.15. The van der Waals surface area contributed by atoms with E-state index in [0.717, 1.165) is 0 Å². The van der Waals surface area contributed by atoms with Crippen LogP contribution in [0.15, 0.2) is 12.1 Å². The molecule has 1 atom stereocenters. The molecule has 1 aliphatic rings. The number of benzene rings is 1. The van der Waals surface area contributed by atoms with Gasteiger partial charge in [-0.15, -0.1) is 0 Å². The molecule has 7 heteroatoms. The number of rotatable bonds is 5. The van der Waals surface area contributed by atoms with Gasteiger partial charge in [-0.1, -0.05) is 18.5 Å². The molecular weight excluding hydrogens is 302 g/mol. The van der Waals surface area contributed by atoms with Crippen molar-refractivity contribution in [1.82, 2.24) is 5.32 Å². The Morgan fingerprint density at radius 3 is 2.45 bits per heavy atom. The Bertz CT molecular complexity index is 588. The van der Waals surface area contributed by atoms with E-state index in [9.17, 15) is 8.42 Å². The van der Waals surface area contributed by atoms with Crippen LogP contribution in [0.25, 0.3) is 0 Å². The van der Waals surface area contributed by atoms with Crippen LogP contribution in [0.1, 0.15) is 18.5 Å². The molecule has 112 valence electrons. The van der Waals surface area contributed by atoms with Crippen molar-refractivity contribution in [3.63, 3.8) is 0 Å². The van der Waals surface area contributed by atoms with Crippen molar-refractivity contribution in [1.29, 1.82) is 0 Å². The van der Waals surface area contributed by atoms with Crippen LogP contribution < -0.4 is 14.8 Å². The van der Waals surface area contributed by atoms with Gasteiger partial charge in [-0.3, -0.25) is 0 Å². The van der Waals surface area contributed by atoms with Crippen LogP contribution in [0.3, 0.4) is 0 Å². The summed E-state index contributed by atoms with van der Waals surface area (Å²) in [6.07, 6.45) is 1.21. The summed E-state index contributed by atoms with van der Waals surface area (Å²) in [5.74, 6) is 1.19. The second kappa shape index (κ2) is 6.20. The van der Waals surface area contributed by atoms with Gasteiger partial charge < -0.3 is 14.8 Å². The molecule has 0 spiro atoms. The van der Waals surface area contributed by atoms with Crippen LogP contribution in [0.4, 0.5) is 0 Å². The highest BCUT2D eigenvalue weighted by molar-refractivity contribution is 7.90. The van der Waals surface area contributed by atoms with E-state index in [4.69, 9.17) is 21.1 Å². The van der Waals surface area contributed by atoms with Crippen molar-refractivity contribution in [3.8, 4) is 11.5 Å². The lowest BCUT2D eigenvalue weighted by Crippen LogP contribution is -2.28. The zero-order chi connectivity index (χ0) is 14.8. The molecule has 1 aliphatic heterocycles. The molecule has 5 nitrogen and oxygen atoms in total. The molecule has 0 saturated carbocycles. The van der Waals surface area contributed by atoms with E-state index in [1.54, 1.807) is 12.1 Å². The van der Waals surface area contributed by atoms with E-state index < -0.39 is 9.84 Å². The van der Waals surface area contributed by atoms with E-state index in [0.29, 0.717) is 41.8 Å². The maximum absolute atomic E-state index is 11.6. The number of halogens is 1. The number of hydrogen-bond acceptors (Lipinski definition) is 5. The summed E-state index contributed by atoms with van der Waals surface area (Å²) in [6, 6.07) is 3.08. The van der Waals surface area contributed by atoms with Crippen LogP contribution in [-0.2, 0) is 9.84 Å². The molecule has 0 fully saturated rings. The first kappa shape index (κ1) is 15.4. The van der Waals surface area contributed by atoms with E-state index in [-0.39, 0.29) is 11.8 Å².